The van der Waals surface area contributed by atoms with Gasteiger partial charge in [-0.1, -0.05) is 6.42 Å². The van der Waals surface area contributed by atoms with Crippen LogP contribution in [0.5, 0.6) is 0 Å². The summed E-state index contributed by atoms with van der Waals surface area (Å²) in [4.78, 5) is 17.2. The number of hydrogen-bond acceptors (Lipinski definition) is 3. The molecule has 0 aromatic carbocycles. The molecule has 3 saturated heterocycles. The fraction of sp³-hybridized carbons (Fsp3) is 0.941. The molecule has 3 atom stereocenters. The Kier molecular flexibility index (Phi) is 4.85. The van der Waals surface area contributed by atoms with E-state index >= 15 is 0 Å². The number of nitrogens with one attached hydrogen (secondary N) is 1. The molecule has 21 heavy (non-hydrogen) atoms. The van der Waals surface area contributed by atoms with Gasteiger partial charge in [0, 0.05) is 31.2 Å². The van der Waals surface area contributed by atoms with E-state index in [4.69, 9.17) is 0 Å². The summed E-state index contributed by atoms with van der Waals surface area (Å²) in [5.74, 6) is 0.318. The number of fused-ring (bicyclic) bond motifs is 2. The van der Waals surface area contributed by atoms with Crippen molar-refractivity contribution in [3.05, 3.63) is 0 Å². The Morgan fingerprint density at radius 2 is 1.67 bits per heavy atom. The lowest BCUT2D eigenvalue weighted by Crippen LogP contribution is -2.57. The van der Waals surface area contributed by atoms with Crippen LogP contribution in [0, 0.1) is 0 Å². The highest BCUT2D eigenvalue weighted by Gasteiger charge is 2.37. The maximum atomic E-state index is 12.5. The molecule has 4 nitrogen and oxygen atoms in total. The molecule has 3 unspecified atom stereocenters. The minimum absolute atomic E-state index is 0.0165. The van der Waals surface area contributed by atoms with E-state index in [0.29, 0.717) is 11.9 Å². The van der Waals surface area contributed by atoms with Crippen LogP contribution < -0.4 is 5.32 Å². The second-order valence-electron chi connectivity index (χ2n) is 7.35. The third-order valence-electron chi connectivity index (χ3n) is 5.86. The summed E-state index contributed by atoms with van der Waals surface area (Å²) in [6.07, 6.45) is 10.1. The zero-order valence-electron chi connectivity index (χ0n) is 13.7. The van der Waals surface area contributed by atoms with Crippen molar-refractivity contribution >= 4 is 5.91 Å². The maximum absolute atomic E-state index is 12.5. The monoisotopic (exact) mass is 293 g/mol. The van der Waals surface area contributed by atoms with E-state index in [-0.39, 0.29) is 6.04 Å². The van der Waals surface area contributed by atoms with Crippen molar-refractivity contribution < 1.29 is 4.79 Å². The molecule has 0 saturated carbocycles. The average Bonchev–Trinajstić information content (AvgIpc) is 2.48. The molecule has 0 aromatic heterocycles. The van der Waals surface area contributed by atoms with Crippen molar-refractivity contribution in [3.63, 3.8) is 0 Å². The van der Waals surface area contributed by atoms with Crippen LogP contribution in [0.25, 0.3) is 0 Å². The molecule has 3 rings (SSSR count). The lowest BCUT2D eigenvalue weighted by Gasteiger charge is -2.47. The molecule has 3 fully saturated rings. The molecule has 4 heteroatoms. The summed E-state index contributed by atoms with van der Waals surface area (Å²) in [5, 5.41) is 3.65. The third kappa shape index (κ3) is 3.42. The first kappa shape index (κ1) is 15.3. The van der Waals surface area contributed by atoms with E-state index in [9.17, 15) is 4.79 Å². The molecule has 3 aliphatic heterocycles. The van der Waals surface area contributed by atoms with Crippen LogP contribution in [0.1, 0.15) is 58.3 Å². The summed E-state index contributed by atoms with van der Waals surface area (Å²) in [5.41, 5.74) is 0. The molecule has 0 radical (unpaired) electrons. The largest absolute Gasteiger partial charge is 0.341 e. The number of amides is 1. The number of hydrogen-bond donors (Lipinski definition) is 1. The summed E-state index contributed by atoms with van der Waals surface area (Å²) in [6, 6.07) is 1.97. The summed E-state index contributed by atoms with van der Waals surface area (Å²) < 4.78 is 0. The van der Waals surface area contributed by atoms with Gasteiger partial charge in [-0.25, -0.2) is 0 Å². The van der Waals surface area contributed by atoms with Crippen molar-refractivity contribution in [3.8, 4) is 0 Å². The quantitative estimate of drug-likeness (QED) is 0.864. The topological polar surface area (TPSA) is 35.6 Å². The van der Waals surface area contributed by atoms with Crippen molar-refractivity contribution in [2.75, 3.05) is 20.1 Å². The van der Waals surface area contributed by atoms with Crippen molar-refractivity contribution in [2.45, 2.75) is 82.5 Å². The smallest absolute Gasteiger partial charge is 0.239 e. The SMILES string of the molecule is CC(NC1CC2CCCC(C1)N2C)C(=O)N1CCCCC1. The Morgan fingerprint density at radius 1 is 1.05 bits per heavy atom. The minimum atomic E-state index is -0.0165. The first-order chi connectivity index (χ1) is 10.1. The van der Waals surface area contributed by atoms with Crippen LogP contribution >= 0.6 is 0 Å². The van der Waals surface area contributed by atoms with Crippen molar-refractivity contribution in [1.82, 2.24) is 15.1 Å². The summed E-state index contributed by atoms with van der Waals surface area (Å²) >= 11 is 0. The zero-order chi connectivity index (χ0) is 14.8. The molecule has 0 spiro atoms. The molecule has 1 amide bonds. The summed E-state index contributed by atoms with van der Waals surface area (Å²) in [6.45, 7) is 3.98. The number of carbonyl (C=O) groups excluding carboxylic acids is 1. The average molecular weight is 293 g/mol. The van der Waals surface area contributed by atoms with E-state index in [1.165, 1.54) is 51.4 Å². The van der Waals surface area contributed by atoms with Gasteiger partial charge < -0.3 is 15.1 Å². The molecule has 0 aromatic rings. The first-order valence-electron chi connectivity index (χ1n) is 8.92. The Balaban J connectivity index is 1.52. The van der Waals surface area contributed by atoms with E-state index in [1.54, 1.807) is 0 Å². The number of nitrogens with zero attached hydrogens (tertiary/aromatic N) is 2. The number of piperidine rings is 3. The van der Waals surface area contributed by atoms with Crippen molar-refractivity contribution in [2.24, 2.45) is 0 Å². The summed E-state index contributed by atoms with van der Waals surface area (Å²) in [7, 11) is 2.28. The molecule has 120 valence electrons. The van der Waals surface area contributed by atoms with Gasteiger partial charge in [0.25, 0.3) is 0 Å². The van der Waals surface area contributed by atoms with Crippen LogP contribution in [0.3, 0.4) is 0 Å². The van der Waals surface area contributed by atoms with Gasteiger partial charge in [0.2, 0.25) is 5.91 Å². The van der Waals surface area contributed by atoms with E-state index in [2.05, 4.69) is 29.1 Å². The molecule has 2 bridgehead atoms. The van der Waals surface area contributed by atoms with Crippen LogP contribution in [0.4, 0.5) is 0 Å². The fourth-order valence-corrected chi connectivity index (χ4v) is 4.56. The zero-order valence-corrected chi connectivity index (χ0v) is 13.7. The molecule has 0 aliphatic carbocycles. The van der Waals surface area contributed by atoms with Gasteiger partial charge in [-0.05, 0) is 58.9 Å². The van der Waals surface area contributed by atoms with Crippen LogP contribution in [-0.2, 0) is 4.79 Å². The van der Waals surface area contributed by atoms with E-state index in [0.717, 1.165) is 25.2 Å². The Bertz CT molecular complexity index is 353. The van der Waals surface area contributed by atoms with Gasteiger partial charge >= 0.3 is 0 Å². The van der Waals surface area contributed by atoms with Gasteiger partial charge in [0.1, 0.15) is 0 Å². The normalized spacial score (nSPS) is 35.5. The van der Waals surface area contributed by atoms with Crippen molar-refractivity contribution in [1.29, 1.82) is 0 Å². The van der Waals surface area contributed by atoms with Gasteiger partial charge in [-0.3, -0.25) is 4.79 Å². The maximum Gasteiger partial charge on any atom is 0.239 e. The first-order valence-corrected chi connectivity index (χ1v) is 8.92. The Hall–Kier alpha value is -0.610. The standard InChI is InChI=1S/C17H31N3O/c1-13(17(21)20-9-4-3-5-10-20)18-14-11-15-7-6-8-16(12-14)19(15)2/h13-16,18H,3-12H2,1-2H3. The van der Waals surface area contributed by atoms with Gasteiger partial charge in [-0.15, -0.1) is 0 Å². The highest BCUT2D eigenvalue weighted by molar-refractivity contribution is 5.81. The highest BCUT2D eigenvalue weighted by Crippen LogP contribution is 2.32. The second-order valence-corrected chi connectivity index (χ2v) is 7.35. The number of likely N-dealkylation sites (tertiary alicyclic amines) is 1. The lowest BCUT2D eigenvalue weighted by atomic mass is 9.82. The van der Waals surface area contributed by atoms with Gasteiger partial charge in [-0.2, -0.15) is 0 Å². The third-order valence-corrected chi connectivity index (χ3v) is 5.86. The molecular weight excluding hydrogens is 262 g/mol. The fourth-order valence-electron chi connectivity index (χ4n) is 4.56. The van der Waals surface area contributed by atoms with Crippen LogP contribution in [-0.4, -0.2) is 60.0 Å². The van der Waals surface area contributed by atoms with Crippen LogP contribution in [0.15, 0.2) is 0 Å². The lowest BCUT2D eigenvalue weighted by molar-refractivity contribution is -0.134. The molecule has 3 heterocycles. The Morgan fingerprint density at radius 3 is 2.29 bits per heavy atom. The number of carbonyl (C=O) groups is 1. The van der Waals surface area contributed by atoms with E-state index < -0.39 is 0 Å². The predicted octanol–water partition coefficient (Wildman–Crippen LogP) is 1.99. The molecule has 1 N–H and O–H groups in total. The predicted molar refractivity (Wildman–Crippen MR) is 85.2 cm³/mol. The number of rotatable bonds is 3. The minimum Gasteiger partial charge on any atom is -0.341 e. The van der Waals surface area contributed by atoms with E-state index in [1.807, 2.05) is 0 Å². The van der Waals surface area contributed by atoms with Crippen LogP contribution in [0.2, 0.25) is 0 Å². The van der Waals surface area contributed by atoms with Gasteiger partial charge in [0.05, 0.1) is 6.04 Å². The Labute approximate surface area is 129 Å². The second kappa shape index (κ2) is 6.66. The van der Waals surface area contributed by atoms with Gasteiger partial charge in [0.15, 0.2) is 0 Å². The molecular formula is C17H31N3O. The highest BCUT2D eigenvalue weighted by atomic mass is 16.2. The molecule has 3 aliphatic rings.